The minimum Gasteiger partial charge on any atom is -0.452 e. The van der Waals surface area contributed by atoms with E-state index in [1.165, 1.54) is 31.2 Å². The Hall–Kier alpha value is -3.49. The highest BCUT2D eigenvalue weighted by Crippen LogP contribution is 2.25. The highest BCUT2D eigenvalue weighted by Gasteiger charge is 2.21. The summed E-state index contributed by atoms with van der Waals surface area (Å²) in [6, 6.07) is 13.6. The Morgan fingerprint density at radius 1 is 0.967 bits per heavy atom. The number of benzene rings is 2. The Morgan fingerprint density at radius 2 is 1.60 bits per heavy atom. The normalized spacial score (nSPS) is 12.6. The number of amides is 2. The Morgan fingerprint density at radius 3 is 2.27 bits per heavy atom. The van der Waals surface area contributed by atoms with Crippen molar-refractivity contribution in [3.05, 3.63) is 60.2 Å². The van der Waals surface area contributed by atoms with Gasteiger partial charge >= 0.3 is 12.6 Å². The van der Waals surface area contributed by atoms with E-state index in [2.05, 4.69) is 15.4 Å². The van der Waals surface area contributed by atoms with Crippen LogP contribution in [-0.2, 0) is 14.3 Å². The molecule has 0 bridgehead atoms. The molecule has 0 spiro atoms. The Labute approximate surface area is 172 Å². The number of carbonyl (C=O) groups is 3. The molecule has 0 aliphatic rings. The van der Waals surface area contributed by atoms with E-state index in [4.69, 9.17) is 4.74 Å². The number of para-hydroxylation sites is 2. The van der Waals surface area contributed by atoms with E-state index in [-0.39, 0.29) is 23.8 Å². The lowest BCUT2D eigenvalue weighted by molar-refractivity contribution is -0.153. The second-order valence-electron chi connectivity index (χ2n) is 6.44. The fourth-order valence-electron chi connectivity index (χ4n) is 2.50. The third-order valence-electron chi connectivity index (χ3n) is 3.92. The van der Waals surface area contributed by atoms with E-state index in [0.717, 1.165) is 0 Å². The molecular weight excluding hydrogens is 398 g/mol. The van der Waals surface area contributed by atoms with Gasteiger partial charge < -0.3 is 20.1 Å². The van der Waals surface area contributed by atoms with Crippen molar-refractivity contribution >= 4 is 23.5 Å². The van der Waals surface area contributed by atoms with Crippen LogP contribution in [0.5, 0.6) is 5.75 Å². The monoisotopic (exact) mass is 420 g/mol. The van der Waals surface area contributed by atoms with Crippen LogP contribution in [0.3, 0.4) is 0 Å². The summed E-state index contributed by atoms with van der Waals surface area (Å²) in [5.74, 6) is -1.96. The summed E-state index contributed by atoms with van der Waals surface area (Å²) in [6.45, 7) is -0.0761. The summed E-state index contributed by atoms with van der Waals surface area (Å²) < 4.78 is 34.3. The molecule has 9 heteroatoms. The minimum atomic E-state index is -3.05. The molecular formula is C21H22F2N2O5. The topological polar surface area (TPSA) is 93.7 Å². The van der Waals surface area contributed by atoms with Crippen LogP contribution in [0.25, 0.3) is 0 Å². The average Bonchev–Trinajstić information content (AvgIpc) is 2.69. The number of halogens is 2. The van der Waals surface area contributed by atoms with Crippen LogP contribution in [0.15, 0.2) is 54.6 Å². The van der Waals surface area contributed by atoms with E-state index in [1.54, 1.807) is 37.3 Å². The molecule has 2 aromatic rings. The lowest BCUT2D eigenvalue weighted by atomic mass is 10.2. The van der Waals surface area contributed by atoms with E-state index >= 15 is 0 Å². The predicted octanol–water partition coefficient (Wildman–Crippen LogP) is 3.37. The summed E-state index contributed by atoms with van der Waals surface area (Å²) in [4.78, 5) is 36.4. The van der Waals surface area contributed by atoms with Gasteiger partial charge in [-0.15, -0.1) is 0 Å². The molecule has 0 fully saturated rings. The molecule has 160 valence electrons. The zero-order valence-electron chi connectivity index (χ0n) is 16.4. The average molecular weight is 420 g/mol. The van der Waals surface area contributed by atoms with Crippen molar-refractivity contribution < 1.29 is 32.6 Å². The maximum atomic E-state index is 12.5. The lowest BCUT2D eigenvalue weighted by Crippen LogP contribution is -2.36. The largest absolute Gasteiger partial charge is 0.452 e. The summed E-state index contributed by atoms with van der Waals surface area (Å²) in [5, 5.41) is 5.05. The SMILES string of the molecule is CC(CC(=O)OC(C)C(=O)Nc1ccccc1OC(F)F)NC(=O)c1ccccc1. The summed E-state index contributed by atoms with van der Waals surface area (Å²) in [7, 11) is 0. The van der Waals surface area contributed by atoms with Crippen LogP contribution in [0, 0.1) is 0 Å². The van der Waals surface area contributed by atoms with Crippen LogP contribution in [0.1, 0.15) is 30.6 Å². The van der Waals surface area contributed by atoms with Gasteiger partial charge in [0, 0.05) is 11.6 Å². The maximum absolute atomic E-state index is 12.5. The highest BCUT2D eigenvalue weighted by atomic mass is 19.3. The first-order valence-electron chi connectivity index (χ1n) is 9.16. The molecule has 7 nitrogen and oxygen atoms in total. The number of anilines is 1. The Kier molecular flexibility index (Phi) is 8.28. The number of hydrogen-bond acceptors (Lipinski definition) is 5. The van der Waals surface area contributed by atoms with Gasteiger partial charge in [0.05, 0.1) is 12.1 Å². The molecule has 2 atom stereocenters. The molecule has 2 amide bonds. The maximum Gasteiger partial charge on any atom is 0.387 e. The molecule has 0 saturated heterocycles. The van der Waals surface area contributed by atoms with Gasteiger partial charge in [-0.2, -0.15) is 8.78 Å². The second kappa shape index (κ2) is 10.9. The molecule has 0 heterocycles. The molecule has 2 N–H and O–H groups in total. The molecule has 0 aromatic heterocycles. The third-order valence-corrected chi connectivity index (χ3v) is 3.92. The van der Waals surface area contributed by atoms with Crippen molar-refractivity contribution in [2.24, 2.45) is 0 Å². The smallest absolute Gasteiger partial charge is 0.387 e. The number of nitrogens with one attached hydrogen (secondary N) is 2. The van der Waals surface area contributed by atoms with Gasteiger partial charge in [0.1, 0.15) is 5.75 Å². The number of carbonyl (C=O) groups excluding carboxylic acids is 3. The predicted molar refractivity (Wildman–Crippen MR) is 105 cm³/mol. The first kappa shape index (κ1) is 22.8. The minimum absolute atomic E-state index is 0.0224. The summed E-state index contributed by atoms with van der Waals surface area (Å²) in [5.41, 5.74) is 0.476. The second-order valence-corrected chi connectivity index (χ2v) is 6.44. The molecule has 2 unspecified atom stereocenters. The third kappa shape index (κ3) is 7.16. The van der Waals surface area contributed by atoms with Gasteiger partial charge in [0.25, 0.3) is 11.8 Å². The number of rotatable bonds is 9. The zero-order chi connectivity index (χ0) is 22.1. The summed E-state index contributed by atoms with van der Waals surface area (Å²) in [6.07, 6.45) is -1.34. The van der Waals surface area contributed by atoms with Gasteiger partial charge in [0.2, 0.25) is 0 Å². The zero-order valence-corrected chi connectivity index (χ0v) is 16.4. The van der Waals surface area contributed by atoms with Crippen LogP contribution in [-0.4, -0.2) is 36.5 Å². The lowest BCUT2D eigenvalue weighted by Gasteiger charge is -2.17. The fourth-order valence-corrected chi connectivity index (χ4v) is 2.50. The number of ether oxygens (including phenoxy) is 2. The van der Waals surface area contributed by atoms with Gasteiger partial charge in [-0.3, -0.25) is 14.4 Å². The fraction of sp³-hybridized carbons (Fsp3) is 0.286. The molecule has 0 aliphatic carbocycles. The quantitative estimate of drug-likeness (QED) is 0.607. The van der Waals surface area contributed by atoms with Crippen molar-refractivity contribution in [3.63, 3.8) is 0 Å². The van der Waals surface area contributed by atoms with E-state index < -0.39 is 30.6 Å². The number of alkyl halides is 2. The van der Waals surface area contributed by atoms with Crippen molar-refractivity contribution in [1.29, 1.82) is 0 Å². The number of hydrogen-bond donors (Lipinski definition) is 2. The van der Waals surface area contributed by atoms with Crippen LogP contribution in [0.2, 0.25) is 0 Å². The standard InChI is InChI=1S/C21H22F2N2O5/c1-13(24-20(28)15-8-4-3-5-9-15)12-18(26)29-14(2)19(27)25-16-10-6-7-11-17(16)30-21(22)23/h3-11,13-14,21H,12H2,1-2H3,(H,24,28)(H,25,27). The van der Waals surface area contributed by atoms with Gasteiger partial charge in [-0.25, -0.2) is 0 Å². The highest BCUT2D eigenvalue weighted by molar-refractivity contribution is 5.96. The van der Waals surface area contributed by atoms with Crippen LogP contribution in [0.4, 0.5) is 14.5 Å². The van der Waals surface area contributed by atoms with Gasteiger partial charge in [-0.05, 0) is 38.1 Å². The van der Waals surface area contributed by atoms with Gasteiger partial charge in [0.15, 0.2) is 6.10 Å². The first-order chi connectivity index (χ1) is 14.3. The van der Waals surface area contributed by atoms with Crippen molar-refractivity contribution in [2.75, 3.05) is 5.32 Å². The Bertz CT molecular complexity index is 877. The van der Waals surface area contributed by atoms with E-state index in [9.17, 15) is 23.2 Å². The Balaban J connectivity index is 1.85. The van der Waals surface area contributed by atoms with E-state index in [1.807, 2.05) is 0 Å². The van der Waals surface area contributed by atoms with E-state index in [0.29, 0.717) is 5.56 Å². The van der Waals surface area contributed by atoms with Crippen molar-refractivity contribution in [3.8, 4) is 5.75 Å². The first-order valence-corrected chi connectivity index (χ1v) is 9.16. The summed E-state index contributed by atoms with van der Waals surface area (Å²) >= 11 is 0. The molecule has 0 radical (unpaired) electrons. The molecule has 2 rings (SSSR count). The van der Waals surface area contributed by atoms with Crippen molar-refractivity contribution in [2.45, 2.75) is 39.0 Å². The molecule has 0 aliphatic heterocycles. The van der Waals surface area contributed by atoms with Gasteiger partial charge in [-0.1, -0.05) is 30.3 Å². The molecule has 2 aromatic carbocycles. The van der Waals surface area contributed by atoms with Crippen LogP contribution >= 0.6 is 0 Å². The number of esters is 1. The molecule has 0 saturated carbocycles. The molecule has 30 heavy (non-hydrogen) atoms. The van der Waals surface area contributed by atoms with Crippen molar-refractivity contribution in [1.82, 2.24) is 5.32 Å². The van der Waals surface area contributed by atoms with Crippen LogP contribution < -0.4 is 15.4 Å².